The van der Waals surface area contributed by atoms with E-state index in [1.807, 2.05) is 0 Å². The Morgan fingerprint density at radius 1 is 1.16 bits per heavy atom. The predicted molar refractivity (Wildman–Crippen MR) is 104 cm³/mol. The van der Waals surface area contributed by atoms with Crippen LogP contribution in [0.5, 0.6) is 11.5 Å². The van der Waals surface area contributed by atoms with Crippen LogP contribution >= 0.6 is 15.9 Å². The van der Waals surface area contributed by atoms with E-state index in [1.54, 1.807) is 14.2 Å². The highest BCUT2D eigenvalue weighted by molar-refractivity contribution is 9.10. The van der Waals surface area contributed by atoms with Gasteiger partial charge in [-0.25, -0.2) is 0 Å². The van der Waals surface area contributed by atoms with Crippen molar-refractivity contribution in [1.29, 1.82) is 0 Å². The Morgan fingerprint density at radius 3 is 2.40 bits per heavy atom. The van der Waals surface area contributed by atoms with E-state index in [4.69, 9.17) is 9.47 Å². The lowest BCUT2D eigenvalue weighted by molar-refractivity contribution is 0.210. The fourth-order valence-electron chi connectivity index (χ4n) is 3.61. The van der Waals surface area contributed by atoms with Crippen molar-refractivity contribution < 1.29 is 14.6 Å². The van der Waals surface area contributed by atoms with Gasteiger partial charge in [-0.3, -0.25) is 0 Å². The second-order valence-corrected chi connectivity index (χ2v) is 7.35. The van der Waals surface area contributed by atoms with E-state index in [1.165, 1.54) is 11.1 Å². The van der Waals surface area contributed by atoms with Crippen molar-refractivity contribution in [1.82, 2.24) is 0 Å². The van der Waals surface area contributed by atoms with Gasteiger partial charge in [0.15, 0.2) is 11.5 Å². The fourth-order valence-corrected chi connectivity index (χ4v) is 3.88. The maximum Gasteiger partial charge on any atom is 0.161 e. The molecule has 1 aliphatic rings. The van der Waals surface area contributed by atoms with Gasteiger partial charge in [0, 0.05) is 29.2 Å². The maximum absolute atomic E-state index is 9.86. The summed E-state index contributed by atoms with van der Waals surface area (Å²) < 4.78 is 12.0. The van der Waals surface area contributed by atoms with Gasteiger partial charge in [-0.15, -0.1) is 0 Å². The van der Waals surface area contributed by atoms with E-state index in [0.717, 1.165) is 34.6 Å². The Morgan fingerprint density at radius 2 is 1.80 bits per heavy atom. The zero-order chi connectivity index (χ0) is 18.0. The summed E-state index contributed by atoms with van der Waals surface area (Å²) >= 11 is 3.50. The molecule has 0 radical (unpaired) electrons. The number of hydrogen-bond donors (Lipinski definition) is 1. The standard InChI is InChI=1S/C20H24BrNO3/c1-13(12-23)20-17-11-19(25-3)18(24-2)10-14(17)8-9-22(20)16-6-4-15(21)5-7-16/h4-7,10-11,13,20,23H,8-9,12H2,1-3H3/t13-,20-/m0/s1. The van der Waals surface area contributed by atoms with E-state index in [-0.39, 0.29) is 18.6 Å². The summed E-state index contributed by atoms with van der Waals surface area (Å²) in [6, 6.07) is 12.6. The molecule has 0 saturated carbocycles. The highest BCUT2D eigenvalue weighted by Crippen LogP contribution is 2.42. The van der Waals surface area contributed by atoms with E-state index in [0.29, 0.717) is 0 Å². The lowest BCUT2D eigenvalue weighted by Crippen LogP contribution is -2.39. The van der Waals surface area contributed by atoms with Gasteiger partial charge in [-0.05, 0) is 53.9 Å². The molecular weight excluding hydrogens is 382 g/mol. The first kappa shape index (κ1) is 18.1. The second-order valence-electron chi connectivity index (χ2n) is 6.43. The van der Waals surface area contributed by atoms with Crippen LogP contribution in [-0.2, 0) is 6.42 Å². The smallest absolute Gasteiger partial charge is 0.161 e. The first-order valence-corrected chi connectivity index (χ1v) is 9.26. The SMILES string of the molecule is COc1cc2c(cc1OC)[C@H]([C@@H](C)CO)N(c1ccc(Br)cc1)CC2. The minimum Gasteiger partial charge on any atom is -0.493 e. The van der Waals surface area contributed by atoms with Crippen molar-refractivity contribution >= 4 is 21.6 Å². The van der Waals surface area contributed by atoms with Crippen molar-refractivity contribution in [2.75, 3.05) is 32.3 Å². The quantitative estimate of drug-likeness (QED) is 0.809. The predicted octanol–water partition coefficient (Wildman–Crippen LogP) is 4.20. The number of anilines is 1. The Kier molecular flexibility index (Phi) is 5.54. The highest BCUT2D eigenvalue weighted by atomic mass is 79.9. The largest absolute Gasteiger partial charge is 0.493 e. The molecule has 5 heteroatoms. The Hall–Kier alpha value is -1.72. The Labute approximate surface area is 157 Å². The minimum absolute atomic E-state index is 0.0923. The van der Waals surface area contributed by atoms with Crippen molar-refractivity contribution in [3.8, 4) is 11.5 Å². The highest BCUT2D eigenvalue weighted by Gasteiger charge is 2.32. The molecule has 2 aromatic rings. The first-order chi connectivity index (χ1) is 12.1. The number of ether oxygens (including phenoxy) is 2. The number of halogens is 1. The number of aliphatic hydroxyl groups is 1. The fraction of sp³-hybridized carbons (Fsp3) is 0.400. The summed E-state index contributed by atoms with van der Waals surface area (Å²) in [5.41, 5.74) is 3.62. The molecule has 1 aliphatic heterocycles. The van der Waals surface area contributed by atoms with Crippen molar-refractivity contribution in [3.63, 3.8) is 0 Å². The lowest BCUT2D eigenvalue weighted by atomic mass is 9.85. The number of fused-ring (bicyclic) bond motifs is 1. The summed E-state index contributed by atoms with van der Waals surface area (Å²) in [7, 11) is 3.32. The lowest BCUT2D eigenvalue weighted by Gasteiger charge is -2.42. The van der Waals surface area contributed by atoms with Crippen molar-refractivity contribution in [3.05, 3.63) is 52.0 Å². The molecule has 0 spiro atoms. The van der Waals surface area contributed by atoms with Crippen LogP contribution in [0.1, 0.15) is 24.1 Å². The topological polar surface area (TPSA) is 41.9 Å². The first-order valence-electron chi connectivity index (χ1n) is 8.47. The Bertz CT molecular complexity index is 732. The number of aliphatic hydroxyl groups excluding tert-OH is 1. The Balaban J connectivity index is 2.08. The maximum atomic E-state index is 9.86. The third-order valence-electron chi connectivity index (χ3n) is 4.91. The molecule has 3 rings (SSSR count). The van der Waals surface area contributed by atoms with E-state index >= 15 is 0 Å². The van der Waals surface area contributed by atoms with Crippen LogP contribution in [0, 0.1) is 5.92 Å². The van der Waals surface area contributed by atoms with Gasteiger partial charge in [0.25, 0.3) is 0 Å². The van der Waals surface area contributed by atoms with E-state index < -0.39 is 0 Å². The molecule has 4 nitrogen and oxygen atoms in total. The molecule has 1 heterocycles. The molecule has 0 unspecified atom stereocenters. The average molecular weight is 406 g/mol. The van der Waals surface area contributed by atoms with Gasteiger partial charge < -0.3 is 19.5 Å². The van der Waals surface area contributed by atoms with Gasteiger partial charge in [-0.2, -0.15) is 0 Å². The molecule has 2 aromatic carbocycles. The molecule has 0 aromatic heterocycles. The van der Waals surface area contributed by atoms with Crippen LogP contribution in [-0.4, -0.2) is 32.5 Å². The van der Waals surface area contributed by atoms with Crippen molar-refractivity contribution in [2.24, 2.45) is 5.92 Å². The van der Waals surface area contributed by atoms with Gasteiger partial charge in [0.2, 0.25) is 0 Å². The zero-order valence-electron chi connectivity index (χ0n) is 14.8. The number of hydrogen-bond acceptors (Lipinski definition) is 4. The van der Waals surface area contributed by atoms with Gasteiger partial charge in [-0.1, -0.05) is 22.9 Å². The molecule has 134 valence electrons. The summed E-state index contributed by atoms with van der Waals surface area (Å²) in [6.45, 7) is 3.12. The molecule has 1 N–H and O–H groups in total. The van der Waals surface area contributed by atoms with Crippen molar-refractivity contribution in [2.45, 2.75) is 19.4 Å². The molecule has 0 amide bonds. The van der Waals surface area contributed by atoms with Gasteiger partial charge >= 0.3 is 0 Å². The molecule has 0 fully saturated rings. The van der Waals surface area contributed by atoms with Crippen LogP contribution in [0.25, 0.3) is 0 Å². The van der Waals surface area contributed by atoms with Crippen LogP contribution in [0.3, 0.4) is 0 Å². The van der Waals surface area contributed by atoms with Crippen LogP contribution in [0.2, 0.25) is 0 Å². The molecule has 2 atom stereocenters. The number of nitrogens with zero attached hydrogens (tertiary/aromatic N) is 1. The van der Waals surface area contributed by atoms with Gasteiger partial charge in [0.1, 0.15) is 0 Å². The zero-order valence-corrected chi connectivity index (χ0v) is 16.4. The minimum atomic E-state index is 0.0923. The normalized spacial score (nSPS) is 17.8. The van der Waals surface area contributed by atoms with Gasteiger partial charge in [0.05, 0.1) is 20.3 Å². The van der Waals surface area contributed by atoms with Crippen LogP contribution in [0.15, 0.2) is 40.9 Å². The summed E-state index contributed by atoms with van der Waals surface area (Å²) in [5.74, 6) is 1.59. The number of rotatable bonds is 5. The average Bonchev–Trinajstić information content (AvgIpc) is 2.65. The third-order valence-corrected chi connectivity index (χ3v) is 5.44. The monoisotopic (exact) mass is 405 g/mol. The summed E-state index contributed by atoms with van der Waals surface area (Å²) in [5, 5.41) is 9.86. The third kappa shape index (κ3) is 3.48. The van der Waals surface area contributed by atoms with E-state index in [2.05, 4.69) is 64.2 Å². The molecule has 0 bridgehead atoms. The summed E-state index contributed by atoms with van der Waals surface area (Å²) in [4.78, 5) is 2.38. The summed E-state index contributed by atoms with van der Waals surface area (Å²) in [6.07, 6.45) is 0.931. The number of methoxy groups -OCH3 is 2. The molecule has 25 heavy (non-hydrogen) atoms. The van der Waals surface area contributed by atoms with Crippen LogP contribution < -0.4 is 14.4 Å². The number of benzene rings is 2. The second kappa shape index (κ2) is 7.67. The molecular formula is C20H24BrNO3. The van der Waals surface area contributed by atoms with Crippen LogP contribution in [0.4, 0.5) is 5.69 Å². The van der Waals surface area contributed by atoms with E-state index in [9.17, 15) is 5.11 Å². The molecule has 0 aliphatic carbocycles. The molecule has 0 saturated heterocycles.